The lowest BCUT2D eigenvalue weighted by Crippen LogP contribution is -2.36. The minimum atomic E-state index is -0.574. The zero-order chi connectivity index (χ0) is 19.7. The highest BCUT2D eigenvalue weighted by atomic mass is 16.5. The van der Waals surface area contributed by atoms with Crippen LogP contribution in [0.25, 0.3) is 0 Å². The van der Waals surface area contributed by atoms with E-state index >= 15 is 0 Å². The predicted molar refractivity (Wildman–Crippen MR) is 115 cm³/mol. The van der Waals surface area contributed by atoms with Crippen molar-refractivity contribution in [3.05, 3.63) is 35.9 Å². The number of esters is 1. The molecule has 154 valence electrons. The first-order chi connectivity index (χ1) is 13.2. The highest BCUT2D eigenvalue weighted by molar-refractivity contribution is 5.76. The summed E-state index contributed by atoms with van der Waals surface area (Å²) < 4.78 is 5.83. The molecule has 0 radical (unpaired) electrons. The summed E-state index contributed by atoms with van der Waals surface area (Å²) in [6.07, 6.45) is 14.9. The van der Waals surface area contributed by atoms with E-state index in [2.05, 4.69) is 13.8 Å². The summed E-state index contributed by atoms with van der Waals surface area (Å²) in [5.74, 6) is -0.244. The average molecular weight is 376 g/mol. The standard InChI is InChI=1S/C24H41NO2/c1-3-5-7-9-14-18-22(19-15-10-8-6-4-2)27-24(26)23(25)20-21-16-12-11-13-17-21/h11-13,16-17,22-23H,3-10,14-15,18-20,25H2,1-2H3. The Bertz CT molecular complexity index is 461. The number of hydrogen-bond donors (Lipinski definition) is 1. The number of rotatable bonds is 16. The van der Waals surface area contributed by atoms with Gasteiger partial charge in [0.2, 0.25) is 0 Å². The van der Waals surface area contributed by atoms with Crippen molar-refractivity contribution in [2.75, 3.05) is 0 Å². The molecule has 0 aliphatic rings. The summed E-state index contributed by atoms with van der Waals surface area (Å²) in [7, 11) is 0. The molecule has 27 heavy (non-hydrogen) atoms. The van der Waals surface area contributed by atoms with Crippen molar-refractivity contribution in [3.8, 4) is 0 Å². The van der Waals surface area contributed by atoms with Crippen molar-refractivity contribution in [2.24, 2.45) is 5.73 Å². The van der Waals surface area contributed by atoms with E-state index < -0.39 is 6.04 Å². The van der Waals surface area contributed by atoms with Gasteiger partial charge in [-0.1, -0.05) is 95.5 Å². The molecule has 0 heterocycles. The molecule has 1 aromatic carbocycles. The van der Waals surface area contributed by atoms with Crippen LogP contribution in [0.15, 0.2) is 30.3 Å². The summed E-state index contributed by atoms with van der Waals surface area (Å²) >= 11 is 0. The lowest BCUT2D eigenvalue weighted by molar-refractivity contribution is -0.151. The average Bonchev–Trinajstić information content (AvgIpc) is 2.68. The SMILES string of the molecule is CCCCCCCC(CCCCCCC)OC(=O)C(N)Cc1ccccc1. The highest BCUT2D eigenvalue weighted by Gasteiger charge is 2.20. The van der Waals surface area contributed by atoms with Gasteiger partial charge in [0.15, 0.2) is 0 Å². The molecule has 0 bridgehead atoms. The van der Waals surface area contributed by atoms with Gasteiger partial charge in [-0.15, -0.1) is 0 Å². The smallest absolute Gasteiger partial charge is 0.323 e. The van der Waals surface area contributed by atoms with E-state index in [-0.39, 0.29) is 12.1 Å². The van der Waals surface area contributed by atoms with Crippen molar-refractivity contribution in [1.82, 2.24) is 0 Å². The Hall–Kier alpha value is -1.35. The second kappa shape index (κ2) is 15.7. The first-order valence-corrected chi connectivity index (χ1v) is 11.2. The van der Waals surface area contributed by atoms with Crippen LogP contribution in [0.3, 0.4) is 0 Å². The summed E-state index contributed by atoms with van der Waals surface area (Å²) in [4.78, 5) is 12.5. The van der Waals surface area contributed by atoms with E-state index in [9.17, 15) is 4.79 Å². The molecule has 0 fully saturated rings. The molecule has 0 saturated heterocycles. The zero-order valence-electron chi connectivity index (χ0n) is 17.6. The van der Waals surface area contributed by atoms with Crippen molar-refractivity contribution in [1.29, 1.82) is 0 Å². The summed E-state index contributed by atoms with van der Waals surface area (Å²) in [6, 6.07) is 9.36. The first kappa shape index (κ1) is 23.7. The van der Waals surface area contributed by atoms with Gasteiger partial charge in [-0.3, -0.25) is 4.79 Å². The van der Waals surface area contributed by atoms with Crippen LogP contribution in [0.4, 0.5) is 0 Å². The Balaban J connectivity index is 2.42. The highest BCUT2D eigenvalue weighted by Crippen LogP contribution is 2.17. The molecule has 0 aliphatic heterocycles. The van der Waals surface area contributed by atoms with Gasteiger partial charge in [0, 0.05) is 0 Å². The van der Waals surface area contributed by atoms with Crippen LogP contribution in [0.5, 0.6) is 0 Å². The largest absolute Gasteiger partial charge is 0.461 e. The molecule has 1 unspecified atom stereocenters. The topological polar surface area (TPSA) is 52.3 Å². The fraction of sp³-hybridized carbons (Fsp3) is 0.708. The third-order valence-corrected chi connectivity index (χ3v) is 5.14. The van der Waals surface area contributed by atoms with Crippen molar-refractivity contribution in [3.63, 3.8) is 0 Å². The van der Waals surface area contributed by atoms with Gasteiger partial charge in [-0.05, 0) is 37.7 Å². The Morgan fingerprint density at radius 2 is 1.37 bits per heavy atom. The maximum absolute atomic E-state index is 12.5. The van der Waals surface area contributed by atoms with Gasteiger partial charge in [0.1, 0.15) is 12.1 Å². The van der Waals surface area contributed by atoms with Crippen molar-refractivity contribution < 1.29 is 9.53 Å². The Morgan fingerprint density at radius 1 is 0.852 bits per heavy atom. The maximum Gasteiger partial charge on any atom is 0.323 e. The van der Waals surface area contributed by atoms with E-state index in [0.29, 0.717) is 6.42 Å². The van der Waals surface area contributed by atoms with E-state index in [1.165, 1.54) is 51.4 Å². The minimum absolute atomic E-state index is 0.0302. The lowest BCUT2D eigenvalue weighted by Gasteiger charge is -2.20. The van der Waals surface area contributed by atoms with Crippen LogP contribution in [0.1, 0.15) is 96.5 Å². The normalized spacial score (nSPS) is 12.3. The molecule has 1 aromatic rings. The quantitative estimate of drug-likeness (QED) is 0.277. The van der Waals surface area contributed by atoms with Gasteiger partial charge in [-0.2, -0.15) is 0 Å². The molecule has 0 aliphatic carbocycles. The molecule has 1 rings (SSSR count). The van der Waals surface area contributed by atoms with Crippen molar-refractivity contribution >= 4 is 5.97 Å². The fourth-order valence-corrected chi connectivity index (χ4v) is 3.42. The molecule has 0 spiro atoms. The summed E-state index contributed by atoms with van der Waals surface area (Å²) in [6.45, 7) is 4.46. The Kier molecular flexibility index (Phi) is 13.8. The molecule has 0 saturated carbocycles. The van der Waals surface area contributed by atoms with Crippen LogP contribution in [0.2, 0.25) is 0 Å². The van der Waals surface area contributed by atoms with E-state index in [1.807, 2.05) is 30.3 Å². The molecule has 0 aromatic heterocycles. The van der Waals surface area contributed by atoms with Crippen LogP contribution in [0, 0.1) is 0 Å². The van der Waals surface area contributed by atoms with Crippen LogP contribution in [-0.4, -0.2) is 18.1 Å². The summed E-state index contributed by atoms with van der Waals surface area (Å²) in [5.41, 5.74) is 7.19. The molecule has 2 N–H and O–H groups in total. The second-order valence-electron chi connectivity index (χ2n) is 7.76. The van der Waals surface area contributed by atoms with Crippen molar-refractivity contribution in [2.45, 2.75) is 109 Å². The number of carbonyl (C=O) groups excluding carboxylic acids is 1. The number of benzene rings is 1. The number of nitrogens with two attached hydrogens (primary N) is 1. The third-order valence-electron chi connectivity index (χ3n) is 5.14. The Labute approximate surface area is 167 Å². The molecular weight excluding hydrogens is 334 g/mol. The van der Waals surface area contributed by atoms with Crippen LogP contribution >= 0.6 is 0 Å². The molecular formula is C24H41NO2. The number of carbonyl (C=O) groups is 1. The molecule has 1 atom stereocenters. The van der Waals surface area contributed by atoms with Crippen LogP contribution in [-0.2, 0) is 16.0 Å². The van der Waals surface area contributed by atoms with E-state index in [1.54, 1.807) is 0 Å². The van der Waals surface area contributed by atoms with E-state index in [4.69, 9.17) is 10.5 Å². The molecule has 3 heteroatoms. The molecule has 3 nitrogen and oxygen atoms in total. The number of ether oxygens (including phenoxy) is 1. The monoisotopic (exact) mass is 375 g/mol. The number of hydrogen-bond acceptors (Lipinski definition) is 3. The molecule has 0 amide bonds. The Morgan fingerprint density at radius 3 is 1.89 bits per heavy atom. The minimum Gasteiger partial charge on any atom is -0.461 e. The lowest BCUT2D eigenvalue weighted by atomic mass is 10.0. The van der Waals surface area contributed by atoms with Gasteiger partial charge in [0.25, 0.3) is 0 Å². The zero-order valence-corrected chi connectivity index (χ0v) is 17.6. The van der Waals surface area contributed by atoms with Gasteiger partial charge >= 0.3 is 5.97 Å². The first-order valence-electron chi connectivity index (χ1n) is 11.2. The van der Waals surface area contributed by atoms with Crippen LogP contribution < -0.4 is 5.73 Å². The third kappa shape index (κ3) is 11.9. The fourth-order valence-electron chi connectivity index (χ4n) is 3.42. The van der Waals surface area contributed by atoms with Gasteiger partial charge in [0.05, 0.1) is 0 Å². The number of unbranched alkanes of at least 4 members (excludes halogenated alkanes) is 8. The van der Waals surface area contributed by atoms with E-state index in [0.717, 1.165) is 31.2 Å². The van der Waals surface area contributed by atoms with Gasteiger partial charge < -0.3 is 10.5 Å². The summed E-state index contributed by atoms with van der Waals surface area (Å²) in [5, 5.41) is 0. The van der Waals surface area contributed by atoms with Gasteiger partial charge in [-0.25, -0.2) is 0 Å². The second-order valence-corrected chi connectivity index (χ2v) is 7.76. The predicted octanol–water partition coefficient (Wildman–Crippen LogP) is 6.19. The maximum atomic E-state index is 12.5.